The van der Waals surface area contributed by atoms with Crippen molar-refractivity contribution in [2.45, 2.75) is 6.61 Å². The van der Waals surface area contributed by atoms with Crippen LogP contribution in [0.3, 0.4) is 0 Å². The molecule has 6 heteroatoms. The molecule has 0 aromatic heterocycles. The first-order valence-corrected chi connectivity index (χ1v) is 8.79. The topological polar surface area (TPSA) is 53.6 Å². The van der Waals surface area contributed by atoms with Gasteiger partial charge in [0, 0.05) is 44.8 Å². The van der Waals surface area contributed by atoms with E-state index in [0.29, 0.717) is 18.7 Å². The van der Waals surface area contributed by atoms with Gasteiger partial charge in [0.15, 0.2) is 0 Å². The summed E-state index contributed by atoms with van der Waals surface area (Å²) in [4.78, 5) is 14.6. The summed E-state index contributed by atoms with van der Waals surface area (Å²) in [5.41, 5.74) is 1.78. The highest BCUT2D eigenvalue weighted by Gasteiger charge is 2.10. The molecule has 2 N–H and O–H groups in total. The Balaban J connectivity index is 0.00000243. The molecule has 0 aliphatic carbocycles. The lowest BCUT2D eigenvalue weighted by Gasteiger charge is -2.27. The van der Waals surface area contributed by atoms with Gasteiger partial charge in [-0.25, -0.2) is 0 Å². The fourth-order valence-corrected chi connectivity index (χ4v) is 2.81. The van der Waals surface area contributed by atoms with Crippen LogP contribution in [0.4, 0.5) is 0 Å². The lowest BCUT2D eigenvalue weighted by Crippen LogP contribution is -2.46. The second kappa shape index (κ2) is 10.8. The number of hydrogen-bond donors (Lipinski definition) is 2. The molecule has 140 valence electrons. The fraction of sp³-hybridized carbons (Fsp3) is 0.350. The predicted molar refractivity (Wildman–Crippen MR) is 106 cm³/mol. The quantitative estimate of drug-likeness (QED) is 0.779. The van der Waals surface area contributed by atoms with Crippen LogP contribution >= 0.6 is 12.4 Å². The Morgan fingerprint density at radius 1 is 1.04 bits per heavy atom. The number of nitrogens with one attached hydrogen (secondary N) is 2. The molecule has 1 amide bonds. The zero-order valence-corrected chi connectivity index (χ0v) is 15.6. The minimum absolute atomic E-state index is 0. The Kier molecular flexibility index (Phi) is 8.41. The molecule has 3 rings (SSSR count). The van der Waals surface area contributed by atoms with E-state index in [0.717, 1.165) is 44.0 Å². The number of rotatable bonds is 7. The SMILES string of the molecule is Cl.O=C(NCCN1CCNCC1)c1ccc(OCc2ccccc2)cc1. The summed E-state index contributed by atoms with van der Waals surface area (Å²) < 4.78 is 5.74. The minimum Gasteiger partial charge on any atom is -0.489 e. The highest BCUT2D eigenvalue weighted by Crippen LogP contribution is 2.14. The summed E-state index contributed by atoms with van der Waals surface area (Å²) >= 11 is 0. The molecule has 2 aromatic carbocycles. The van der Waals surface area contributed by atoms with Gasteiger partial charge >= 0.3 is 0 Å². The van der Waals surface area contributed by atoms with Crippen LogP contribution in [0, 0.1) is 0 Å². The smallest absolute Gasteiger partial charge is 0.251 e. The van der Waals surface area contributed by atoms with Gasteiger partial charge in [0.25, 0.3) is 5.91 Å². The molecule has 0 atom stereocenters. The third-order valence-corrected chi connectivity index (χ3v) is 4.29. The van der Waals surface area contributed by atoms with E-state index in [2.05, 4.69) is 15.5 Å². The van der Waals surface area contributed by atoms with Crippen molar-refractivity contribution >= 4 is 18.3 Å². The van der Waals surface area contributed by atoms with Gasteiger partial charge in [0.1, 0.15) is 12.4 Å². The van der Waals surface area contributed by atoms with Crippen LogP contribution < -0.4 is 15.4 Å². The molecular formula is C20H26ClN3O2. The summed E-state index contributed by atoms with van der Waals surface area (Å²) in [6.07, 6.45) is 0. The summed E-state index contributed by atoms with van der Waals surface area (Å²) in [6, 6.07) is 17.3. The van der Waals surface area contributed by atoms with Gasteiger partial charge in [-0.1, -0.05) is 30.3 Å². The van der Waals surface area contributed by atoms with E-state index in [1.165, 1.54) is 0 Å². The van der Waals surface area contributed by atoms with Gasteiger partial charge in [0.05, 0.1) is 0 Å². The minimum atomic E-state index is -0.0373. The number of amides is 1. The lowest BCUT2D eigenvalue weighted by atomic mass is 10.2. The highest BCUT2D eigenvalue weighted by atomic mass is 35.5. The van der Waals surface area contributed by atoms with Crippen LogP contribution in [-0.4, -0.2) is 50.1 Å². The summed E-state index contributed by atoms with van der Waals surface area (Å²) in [5, 5.41) is 6.31. The van der Waals surface area contributed by atoms with Crippen molar-refractivity contribution < 1.29 is 9.53 Å². The van der Waals surface area contributed by atoms with E-state index in [1.54, 1.807) is 12.1 Å². The van der Waals surface area contributed by atoms with Crippen LogP contribution in [0.5, 0.6) is 5.75 Å². The summed E-state index contributed by atoms with van der Waals surface area (Å²) in [6.45, 7) is 6.23. The second-order valence-electron chi connectivity index (χ2n) is 6.15. The predicted octanol–water partition coefficient (Wildman–Crippen LogP) is 2.32. The van der Waals surface area contributed by atoms with Gasteiger partial charge < -0.3 is 15.4 Å². The van der Waals surface area contributed by atoms with Gasteiger partial charge in [0.2, 0.25) is 0 Å². The van der Waals surface area contributed by atoms with E-state index in [4.69, 9.17) is 4.74 Å². The Hall–Kier alpha value is -2.08. The molecule has 0 unspecified atom stereocenters. The fourth-order valence-electron chi connectivity index (χ4n) is 2.81. The molecule has 2 aromatic rings. The number of halogens is 1. The maximum absolute atomic E-state index is 12.2. The molecule has 0 spiro atoms. The molecule has 0 radical (unpaired) electrons. The molecule has 26 heavy (non-hydrogen) atoms. The second-order valence-corrected chi connectivity index (χ2v) is 6.15. The number of hydrogen-bond acceptors (Lipinski definition) is 4. The molecule has 1 aliphatic rings. The molecule has 1 saturated heterocycles. The van der Waals surface area contributed by atoms with Crippen molar-refractivity contribution in [3.63, 3.8) is 0 Å². The molecule has 1 fully saturated rings. The van der Waals surface area contributed by atoms with Crippen LogP contribution in [0.25, 0.3) is 0 Å². The lowest BCUT2D eigenvalue weighted by molar-refractivity contribution is 0.0947. The van der Waals surface area contributed by atoms with Gasteiger partial charge in [-0.3, -0.25) is 9.69 Å². The van der Waals surface area contributed by atoms with Crippen LogP contribution in [0.1, 0.15) is 15.9 Å². The zero-order chi connectivity index (χ0) is 17.3. The highest BCUT2D eigenvalue weighted by molar-refractivity contribution is 5.94. The normalized spacial score (nSPS) is 14.3. The molecule has 1 heterocycles. The first-order valence-electron chi connectivity index (χ1n) is 8.79. The molecule has 5 nitrogen and oxygen atoms in total. The standard InChI is InChI=1S/C20H25N3O2.ClH/c24-20(22-12-15-23-13-10-21-11-14-23)18-6-8-19(9-7-18)25-16-17-4-2-1-3-5-17;/h1-9,21H,10-16H2,(H,22,24);1H. The van der Waals surface area contributed by atoms with E-state index in [9.17, 15) is 4.79 Å². The van der Waals surface area contributed by atoms with Gasteiger partial charge in [-0.2, -0.15) is 0 Å². The largest absolute Gasteiger partial charge is 0.489 e. The Morgan fingerprint density at radius 2 is 1.73 bits per heavy atom. The van der Waals surface area contributed by atoms with Crippen LogP contribution in [0.2, 0.25) is 0 Å². The van der Waals surface area contributed by atoms with Crippen LogP contribution in [-0.2, 0) is 6.61 Å². The van der Waals surface area contributed by atoms with E-state index < -0.39 is 0 Å². The number of ether oxygens (including phenoxy) is 1. The Bertz CT molecular complexity index is 659. The summed E-state index contributed by atoms with van der Waals surface area (Å²) in [5.74, 6) is 0.728. The molecule has 1 aliphatic heterocycles. The Labute approximate surface area is 161 Å². The third-order valence-electron chi connectivity index (χ3n) is 4.29. The maximum Gasteiger partial charge on any atom is 0.251 e. The number of benzene rings is 2. The van der Waals surface area contributed by atoms with Crippen molar-refractivity contribution in [1.29, 1.82) is 0 Å². The average Bonchev–Trinajstić information content (AvgIpc) is 2.68. The maximum atomic E-state index is 12.2. The Morgan fingerprint density at radius 3 is 2.42 bits per heavy atom. The number of nitrogens with zero attached hydrogens (tertiary/aromatic N) is 1. The number of piperazine rings is 1. The molecule has 0 bridgehead atoms. The van der Waals surface area contributed by atoms with Crippen molar-refractivity contribution in [3.8, 4) is 5.75 Å². The van der Waals surface area contributed by atoms with Gasteiger partial charge in [-0.05, 0) is 29.8 Å². The number of carbonyl (C=O) groups is 1. The van der Waals surface area contributed by atoms with Crippen molar-refractivity contribution in [2.24, 2.45) is 0 Å². The number of carbonyl (C=O) groups excluding carboxylic acids is 1. The van der Waals surface area contributed by atoms with Crippen molar-refractivity contribution in [1.82, 2.24) is 15.5 Å². The van der Waals surface area contributed by atoms with Crippen molar-refractivity contribution in [2.75, 3.05) is 39.3 Å². The monoisotopic (exact) mass is 375 g/mol. The van der Waals surface area contributed by atoms with Gasteiger partial charge in [-0.15, -0.1) is 12.4 Å². The van der Waals surface area contributed by atoms with Crippen LogP contribution in [0.15, 0.2) is 54.6 Å². The van der Waals surface area contributed by atoms with E-state index in [-0.39, 0.29) is 18.3 Å². The first-order chi connectivity index (χ1) is 12.3. The average molecular weight is 376 g/mol. The van der Waals surface area contributed by atoms with Crippen molar-refractivity contribution in [3.05, 3.63) is 65.7 Å². The summed E-state index contributed by atoms with van der Waals surface area (Å²) in [7, 11) is 0. The van der Waals surface area contributed by atoms with E-state index >= 15 is 0 Å². The third kappa shape index (κ3) is 6.33. The first kappa shape index (κ1) is 20.2. The van der Waals surface area contributed by atoms with E-state index in [1.807, 2.05) is 42.5 Å². The molecular weight excluding hydrogens is 350 g/mol. The molecule has 0 saturated carbocycles. The zero-order valence-electron chi connectivity index (χ0n) is 14.8.